The second kappa shape index (κ2) is 21.3. The average molecular weight is 1020 g/mol. The van der Waals surface area contributed by atoms with Crippen molar-refractivity contribution < 1.29 is 88.8 Å². The lowest BCUT2D eigenvalue weighted by atomic mass is 10.1. The van der Waals surface area contributed by atoms with Crippen LogP contribution in [0, 0.1) is 0 Å². The van der Waals surface area contributed by atoms with Crippen molar-refractivity contribution in [1.29, 1.82) is 0 Å². The molecule has 34 heteroatoms. The lowest BCUT2D eigenvalue weighted by Crippen LogP contribution is -2.14. The molecule has 63 heavy (non-hydrogen) atoms. The van der Waals surface area contributed by atoms with Crippen LogP contribution in [0.15, 0.2) is 91.6 Å². The zero-order valence-electron chi connectivity index (χ0n) is 30.6. The van der Waals surface area contributed by atoms with Gasteiger partial charge in [-0.1, -0.05) is 5.04 Å². The van der Waals surface area contributed by atoms with E-state index in [-0.39, 0.29) is 66.7 Å². The van der Waals surface area contributed by atoms with Crippen LogP contribution in [0.2, 0.25) is 5.28 Å². The third-order valence-electron chi connectivity index (χ3n) is 7.06. The Labute approximate surface area is 368 Å². The molecular formula is C29H26ClN7O20S6. The van der Waals surface area contributed by atoms with Crippen LogP contribution < -0.4 is 15.5 Å². The highest BCUT2D eigenvalue weighted by Crippen LogP contribution is 2.47. The van der Waals surface area contributed by atoms with Crippen LogP contribution in [0.1, 0.15) is 0 Å². The molecule has 5 rings (SSSR count). The Morgan fingerprint density at radius 1 is 0.714 bits per heavy atom. The predicted molar refractivity (Wildman–Crippen MR) is 217 cm³/mol. The molecule has 1 heterocycles. The van der Waals surface area contributed by atoms with Gasteiger partial charge in [-0.25, -0.2) is 13.6 Å². The van der Waals surface area contributed by atoms with Crippen molar-refractivity contribution in [2.45, 2.75) is 14.7 Å². The number of rotatable bonds is 23. The quantitative estimate of drug-likeness (QED) is 0.00833. The van der Waals surface area contributed by atoms with Crippen LogP contribution in [0.25, 0.3) is 10.8 Å². The topological polar surface area (TPSA) is 390 Å². The molecule has 0 atom stereocenters. The highest BCUT2D eigenvalue weighted by atomic mass is 35.5. The normalized spacial score (nSPS) is 12.5. The van der Waals surface area contributed by atoms with E-state index in [0.29, 0.717) is 24.1 Å². The number of halogens is 1. The number of azo groups is 1. The van der Waals surface area contributed by atoms with E-state index >= 15 is 0 Å². The summed E-state index contributed by atoms with van der Waals surface area (Å²) in [6.45, 7) is -1.92. The van der Waals surface area contributed by atoms with Gasteiger partial charge in [0.25, 0.3) is 20.2 Å². The summed E-state index contributed by atoms with van der Waals surface area (Å²) in [6, 6.07) is 13.5. The summed E-state index contributed by atoms with van der Waals surface area (Å²) >= 11 is 7.15. The Balaban J connectivity index is 1.41. The number of hydrogen-bond donors (Lipinski definition) is 7. The maximum atomic E-state index is 12.5. The molecule has 0 aliphatic carbocycles. The van der Waals surface area contributed by atoms with Crippen molar-refractivity contribution in [1.82, 2.24) is 15.0 Å². The largest absolute Gasteiger partial charge is 0.505 e. The Kier molecular flexibility index (Phi) is 16.7. The highest BCUT2D eigenvalue weighted by Gasteiger charge is 2.23. The van der Waals surface area contributed by atoms with Crippen LogP contribution in [-0.2, 0) is 67.3 Å². The van der Waals surface area contributed by atoms with Gasteiger partial charge in [0.05, 0.1) is 57.9 Å². The van der Waals surface area contributed by atoms with E-state index in [4.69, 9.17) is 35.2 Å². The third-order valence-corrected chi connectivity index (χ3v) is 11.4. The second-order valence-corrected chi connectivity index (χ2v) is 18.4. The molecule has 5 aromatic rings. The number of phenols is 1. The van der Waals surface area contributed by atoms with Crippen LogP contribution >= 0.6 is 35.7 Å². The molecule has 27 nitrogen and oxygen atoms in total. The van der Waals surface area contributed by atoms with Gasteiger partial charge in [-0.3, -0.25) is 17.8 Å². The van der Waals surface area contributed by atoms with Crippen molar-refractivity contribution in [2.24, 2.45) is 10.2 Å². The van der Waals surface area contributed by atoms with E-state index < -0.39 is 76.8 Å². The number of nitrogens with one attached hydrogen (secondary N) is 2. The molecule has 0 aliphatic heterocycles. The van der Waals surface area contributed by atoms with Crippen LogP contribution in [-0.4, -0.2) is 98.2 Å². The maximum absolute atomic E-state index is 12.5. The first-order valence-electron chi connectivity index (χ1n) is 16.2. The minimum atomic E-state index is -4.92. The number of anilines is 4. The fourth-order valence-electron chi connectivity index (χ4n) is 4.63. The lowest BCUT2D eigenvalue weighted by Gasteiger charge is -2.15. The molecule has 0 fully saturated rings. The third kappa shape index (κ3) is 15.2. The number of aromatic nitrogens is 3. The van der Waals surface area contributed by atoms with Crippen LogP contribution in [0.3, 0.4) is 0 Å². The molecule has 0 unspecified atom stereocenters. The van der Waals surface area contributed by atoms with Gasteiger partial charge in [0, 0.05) is 28.9 Å². The Bertz CT molecular complexity index is 2920. The number of aromatic hydroxyl groups is 1. The molecule has 4 aromatic carbocycles. The minimum absolute atomic E-state index is 0.0274. The molecule has 0 aliphatic rings. The summed E-state index contributed by atoms with van der Waals surface area (Å²) in [7, 11) is -18.7. The fourth-order valence-corrected chi connectivity index (χ4v) is 7.75. The molecule has 0 saturated heterocycles. The van der Waals surface area contributed by atoms with Gasteiger partial charge in [-0.2, -0.15) is 53.7 Å². The number of fused-ring (bicyclic) bond motifs is 1. The van der Waals surface area contributed by atoms with Gasteiger partial charge >= 0.3 is 20.8 Å². The fraction of sp³-hybridized carbons (Fsp3) is 0.138. The van der Waals surface area contributed by atoms with E-state index in [1.807, 2.05) is 0 Å². The first kappa shape index (κ1) is 49.4. The van der Waals surface area contributed by atoms with Gasteiger partial charge in [0.1, 0.15) is 5.69 Å². The number of hydrogen-bond acceptors (Lipinski definition) is 26. The first-order valence-corrected chi connectivity index (χ1v) is 23.8. The van der Waals surface area contributed by atoms with E-state index in [9.17, 15) is 43.3 Å². The van der Waals surface area contributed by atoms with Crippen molar-refractivity contribution in [2.75, 3.05) is 36.2 Å². The number of phenolic OH excluding ortho intramolecular Hbond substituents is 1. The van der Waals surface area contributed by atoms with E-state index in [0.717, 1.165) is 24.3 Å². The molecule has 7 N–H and O–H groups in total. The summed E-state index contributed by atoms with van der Waals surface area (Å²) in [5.41, 5.74) is -0.199. The highest BCUT2D eigenvalue weighted by molar-refractivity contribution is 7.95. The first-order chi connectivity index (χ1) is 29.6. The number of benzene rings is 4. The molecular weight excluding hydrogens is 994 g/mol. The Hall–Kier alpha value is -4.66. The van der Waals surface area contributed by atoms with Gasteiger partial charge in [0.2, 0.25) is 17.2 Å². The van der Waals surface area contributed by atoms with Crippen LogP contribution in [0.5, 0.6) is 11.5 Å². The van der Waals surface area contributed by atoms with E-state index in [1.165, 1.54) is 42.5 Å². The predicted octanol–water partition coefficient (Wildman–Crippen LogP) is 5.26. The zero-order chi connectivity index (χ0) is 46.0. The van der Waals surface area contributed by atoms with Crippen molar-refractivity contribution >= 4 is 122 Å². The minimum Gasteiger partial charge on any atom is -0.505 e. The van der Waals surface area contributed by atoms with Crippen molar-refractivity contribution in [3.63, 3.8) is 0 Å². The lowest BCUT2D eigenvalue weighted by molar-refractivity contribution is -0.432. The van der Waals surface area contributed by atoms with Crippen molar-refractivity contribution in [3.8, 4) is 11.5 Å². The van der Waals surface area contributed by atoms with E-state index in [2.05, 4.69) is 57.7 Å². The Morgan fingerprint density at radius 3 is 1.98 bits per heavy atom. The zero-order valence-corrected chi connectivity index (χ0v) is 36.3. The summed E-state index contributed by atoms with van der Waals surface area (Å²) in [4.78, 5) is 16.0. The Morgan fingerprint density at radius 2 is 1.35 bits per heavy atom. The average Bonchev–Trinajstić information content (AvgIpc) is 3.19. The van der Waals surface area contributed by atoms with Gasteiger partial charge < -0.3 is 20.6 Å². The van der Waals surface area contributed by atoms with Gasteiger partial charge in [0.15, 0.2) is 11.5 Å². The molecule has 340 valence electrons. The maximum Gasteiger partial charge on any atom is 0.397 e. The second-order valence-electron chi connectivity index (χ2n) is 11.3. The summed E-state index contributed by atoms with van der Waals surface area (Å²) in [5.74, 6) is -1.14. The molecule has 0 bridgehead atoms. The molecule has 0 amide bonds. The monoisotopic (exact) mass is 1020 g/mol. The summed E-state index contributed by atoms with van der Waals surface area (Å²) in [5, 5.41) is 37.1. The standard InChI is InChI=1S/C29H26ClN7O20S6/c30-27-33-28(31-17-3-7-20(8-4-17)61(43,44)51-9-10-52-62(45,46)47)35-29(34-27)32-22-15-21(60(40,41)42)13-16-14-23(59-57-55-39)25(26(38)24(16)22)37-36-18-1-5-19(6-2-18)54-56-58-12-11-53-63(48,49)50/h1-8,13-15,38-39H,9-12H2,(H,40,41,42)(H,45,46,47)(H,48,49,50)(H2,31,32,33,34,35). The molecule has 1 aromatic heterocycles. The summed E-state index contributed by atoms with van der Waals surface area (Å²) < 4.78 is 141. The SMILES string of the molecule is O=S(=O)(O)OCCOS(=O)(=O)c1ccc(Nc2nc(Cl)nc(Nc3cc(S(=O)(=O)O)cc4cc(SOOO)c(N=Nc5ccc(OOSCCOS(=O)(=O)O)cc5)c(O)c34)n2)cc1. The van der Waals surface area contributed by atoms with E-state index in [1.54, 1.807) is 0 Å². The molecule has 0 radical (unpaired) electrons. The molecule has 0 spiro atoms. The molecule has 0 saturated carbocycles. The van der Waals surface area contributed by atoms with Gasteiger partial charge in [-0.05, 0) is 83.7 Å². The smallest absolute Gasteiger partial charge is 0.397 e. The van der Waals surface area contributed by atoms with Crippen LogP contribution in [0.4, 0.5) is 34.6 Å². The number of nitrogens with zero attached hydrogens (tertiary/aromatic N) is 5. The summed E-state index contributed by atoms with van der Waals surface area (Å²) in [6.07, 6.45) is 0. The van der Waals surface area contributed by atoms with Gasteiger partial charge in [-0.15, -0.1) is 13.8 Å². The van der Waals surface area contributed by atoms with Crippen molar-refractivity contribution in [3.05, 3.63) is 72.0 Å².